The molecule has 0 spiro atoms. The Kier molecular flexibility index (Phi) is 6.40. The maximum atomic E-state index is 11.1. The number of nitrogens with zero attached hydrogens (tertiary/aromatic N) is 2. The summed E-state index contributed by atoms with van der Waals surface area (Å²) in [6, 6.07) is 0. The molecular weight excluding hydrogens is 252 g/mol. The van der Waals surface area contributed by atoms with Crippen LogP contribution in [-0.2, 0) is 18.1 Å². The van der Waals surface area contributed by atoms with Crippen molar-refractivity contribution in [3.05, 3.63) is 0 Å². The fourth-order valence-electron chi connectivity index (χ4n) is 2.14. The topological polar surface area (TPSA) is 51.2 Å². The largest absolute Gasteiger partial charge is 0.514 e. The van der Waals surface area contributed by atoms with Crippen molar-refractivity contribution >= 4 is 14.6 Å². The fourth-order valence-corrected chi connectivity index (χ4v) is 3.89. The molecule has 0 aliphatic carbocycles. The maximum absolute atomic E-state index is 11.1. The summed E-state index contributed by atoms with van der Waals surface area (Å²) in [5.74, 6) is 0.220. The standard InChI is InChI=1S/C11H24N2O4Si/c1-11(14)9-12-5-7-13(8-6-12)10-18(15-2,16-3)17-4/h5-10H2,1-4H3. The summed E-state index contributed by atoms with van der Waals surface area (Å²) in [7, 11) is 2.37. The molecule has 0 atom stereocenters. The molecule has 0 bridgehead atoms. The smallest absolute Gasteiger partial charge is 0.376 e. The summed E-state index contributed by atoms with van der Waals surface area (Å²) >= 11 is 0. The third-order valence-electron chi connectivity index (χ3n) is 3.26. The SMILES string of the molecule is CO[Si](CN1CCN(CC(C)=O)CC1)(OC)OC. The van der Waals surface area contributed by atoms with Gasteiger partial charge in [-0.2, -0.15) is 0 Å². The average molecular weight is 276 g/mol. The molecule has 6 nitrogen and oxygen atoms in total. The molecule has 1 rings (SSSR count). The first-order valence-electron chi connectivity index (χ1n) is 6.15. The van der Waals surface area contributed by atoms with E-state index < -0.39 is 8.80 Å². The van der Waals surface area contributed by atoms with Gasteiger partial charge in [0, 0.05) is 47.5 Å². The molecule has 1 heterocycles. The van der Waals surface area contributed by atoms with Gasteiger partial charge in [-0.15, -0.1) is 0 Å². The Hall–Kier alpha value is -0.313. The van der Waals surface area contributed by atoms with Crippen molar-refractivity contribution in [1.29, 1.82) is 0 Å². The van der Waals surface area contributed by atoms with Gasteiger partial charge in [0.05, 0.1) is 12.7 Å². The molecule has 7 heteroatoms. The Morgan fingerprint density at radius 3 is 1.83 bits per heavy atom. The third kappa shape index (κ3) is 4.41. The molecule has 0 aromatic rings. The lowest BCUT2D eigenvalue weighted by molar-refractivity contribution is -0.118. The maximum Gasteiger partial charge on any atom is 0.514 e. The Balaban J connectivity index is 2.41. The second kappa shape index (κ2) is 7.32. The first kappa shape index (κ1) is 15.7. The van der Waals surface area contributed by atoms with Crippen LogP contribution in [0.1, 0.15) is 6.92 Å². The number of ketones is 1. The van der Waals surface area contributed by atoms with E-state index in [1.807, 2.05) is 0 Å². The molecule has 0 amide bonds. The van der Waals surface area contributed by atoms with Crippen molar-refractivity contribution < 1.29 is 18.1 Å². The van der Waals surface area contributed by atoms with Crippen LogP contribution in [0.5, 0.6) is 0 Å². The normalized spacial score (nSPS) is 19.1. The van der Waals surface area contributed by atoms with Crippen molar-refractivity contribution in [3.8, 4) is 0 Å². The molecule has 1 saturated heterocycles. The molecule has 1 aliphatic rings. The highest BCUT2D eigenvalue weighted by molar-refractivity contribution is 6.60. The highest BCUT2D eigenvalue weighted by atomic mass is 28.4. The number of rotatable bonds is 7. The minimum Gasteiger partial charge on any atom is -0.376 e. The Morgan fingerprint density at radius 1 is 1.00 bits per heavy atom. The first-order chi connectivity index (χ1) is 8.55. The van der Waals surface area contributed by atoms with Crippen LogP contribution < -0.4 is 0 Å². The van der Waals surface area contributed by atoms with Crippen molar-refractivity contribution in [2.75, 3.05) is 60.2 Å². The number of carbonyl (C=O) groups is 1. The lowest BCUT2D eigenvalue weighted by Gasteiger charge is -2.37. The molecule has 18 heavy (non-hydrogen) atoms. The van der Waals surface area contributed by atoms with Crippen LogP contribution >= 0.6 is 0 Å². The van der Waals surface area contributed by atoms with Gasteiger partial charge in [0.25, 0.3) is 0 Å². The van der Waals surface area contributed by atoms with Crippen LogP contribution in [-0.4, -0.2) is 84.6 Å². The van der Waals surface area contributed by atoms with Crippen LogP contribution in [0.4, 0.5) is 0 Å². The van der Waals surface area contributed by atoms with Gasteiger partial charge in [-0.25, -0.2) is 0 Å². The zero-order chi connectivity index (χ0) is 13.6. The Bertz CT molecular complexity index is 258. The molecule has 106 valence electrons. The summed E-state index contributed by atoms with van der Waals surface area (Å²) in [6.45, 7) is 5.82. The molecule has 0 aromatic heterocycles. The highest BCUT2D eigenvalue weighted by Crippen LogP contribution is 2.11. The van der Waals surface area contributed by atoms with Crippen molar-refractivity contribution in [2.45, 2.75) is 6.92 Å². The van der Waals surface area contributed by atoms with E-state index in [4.69, 9.17) is 13.3 Å². The van der Waals surface area contributed by atoms with Gasteiger partial charge in [0.15, 0.2) is 0 Å². The summed E-state index contributed by atoms with van der Waals surface area (Å²) in [6.07, 6.45) is 0.699. The van der Waals surface area contributed by atoms with Crippen LogP contribution in [0.2, 0.25) is 0 Å². The van der Waals surface area contributed by atoms with Crippen LogP contribution in [0.15, 0.2) is 0 Å². The van der Waals surface area contributed by atoms with Gasteiger partial charge in [0.2, 0.25) is 0 Å². The fraction of sp³-hybridized carbons (Fsp3) is 0.909. The van der Waals surface area contributed by atoms with Crippen LogP contribution in [0.3, 0.4) is 0 Å². The van der Waals surface area contributed by atoms with Gasteiger partial charge in [-0.1, -0.05) is 0 Å². The van der Waals surface area contributed by atoms with E-state index in [0.29, 0.717) is 12.7 Å². The van der Waals surface area contributed by atoms with Gasteiger partial charge < -0.3 is 13.3 Å². The van der Waals surface area contributed by atoms with Gasteiger partial charge in [-0.05, 0) is 6.92 Å². The van der Waals surface area contributed by atoms with Gasteiger partial charge in [-0.3, -0.25) is 14.6 Å². The van der Waals surface area contributed by atoms with Gasteiger partial charge >= 0.3 is 8.80 Å². The van der Waals surface area contributed by atoms with E-state index in [-0.39, 0.29) is 5.78 Å². The van der Waals surface area contributed by atoms with E-state index in [1.165, 1.54) is 0 Å². The van der Waals surface area contributed by atoms with Crippen molar-refractivity contribution in [3.63, 3.8) is 0 Å². The number of piperazine rings is 1. The summed E-state index contributed by atoms with van der Waals surface area (Å²) < 4.78 is 16.2. The predicted molar refractivity (Wildman–Crippen MR) is 70.3 cm³/mol. The zero-order valence-corrected chi connectivity index (χ0v) is 12.8. The molecule has 1 aliphatic heterocycles. The second-order valence-corrected chi connectivity index (χ2v) is 7.46. The predicted octanol–water partition coefficient (Wildman–Crippen LogP) is -0.390. The number of hydrogen-bond donors (Lipinski definition) is 0. The molecule has 0 aromatic carbocycles. The van der Waals surface area contributed by atoms with E-state index >= 15 is 0 Å². The van der Waals surface area contributed by atoms with Crippen molar-refractivity contribution in [1.82, 2.24) is 9.80 Å². The quantitative estimate of drug-likeness (QED) is 0.590. The van der Waals surface area contributed by atoms with E-state index in [1.54, 1.807) is 28.3 Å². The van der Waals surface area contributed by atoms with E-state index in [0.717, 1.165) is 26.2 Å². The molecular formula is C11H24N2O4Si. The molecule has 0 radical (unpaired) electrons. The first-order valence-corrected chi connectivity index (χ1v) is 8.08. The van der Waals surface area contributed by atoms with E-state index in [9.17, 15) is 4.79 Å². The lowest BCUT2D eigenvalue weighted by Crippen LogP contribution is -2.57. The molecule has 0 unspecified atom stereocenters. The average Bonchev–Trinajstić information content (AvgIpc) is 2.38. The summed E-state index contributed by atoms with van der Waals surface area (Å²) in [4.78, 5) is 15.5. The van der Waals surface area contributed by atoms with Crippen LogP contribution in [0.25, 0.3) is 0 Å². The Morgan fingerprint density at radius 2 is 1.44 bits per heavy atom. The Labute approximate surface area is 110 Å². The summed E-state index contributed by atoms with van der Waals surface area (Å²) in [5.41, 5.74) is 0. The van der Waals surface area contributed by atoms with Gasteiger partial charge in [0.1, 0.15) is 5.78 Å². The zero-order valence-electron chi connectivity index (χ0n) is 11.8. The monoisotopic (exact) mass is 276 g/mol. The molecule has 0 saturated carbocycles. The summed E-state index contributed by atoms with van der Waals surface area (Å²) in [5, 5.41) is 0. The number of Topliss-reactive ketones (excluding diaryl/α,β-unsaturated/α-hetero) is 1. The minimum absolute atomic E-state index is 0.220. The number of carbonyl (C=O) groups excluding carboxylic acids is 1. The second-order valence-electron chi connectivity index (χ2n) is 4.55. The van der Waals surface area contributed by atoms with E-state index in [2.05, 4.69) is 9.80 Å². The lowest BCUT2D eigenvalue weighted by atomic mass is 10.3. The van der Waals surface area contributed by atoms with Crippen LogP contribution in [0, 0.1) is 0 Å². The molecule has 0 N–H and O–H groups in total. The minimum atomic E-state index is -2.52. The molecule has 1 fully saturated rings. The van der Waals surface area contributed by atoms with Crippen molar-refractivity contribution in [2.24, 2.45) is 0 Å². The number of hydrogen-bond acceptors (Lipinski definition) is 6. The highest BCUT2D eigenvalue weighted by Gasteiger charge is 2.40. The third-order valence-corrected chi connectivity index (χ3v) is 5.96.